The van der Waals surface area contributed by atoms with Gasteiger partial charge in [-0.2, -0.15) is 0 Å². The molecule has 0 aliphatic carbocycles. The molecule has 4 nitrogen and oxygen atoms in total. The summed E-state index contributed by atoms with van der Waals surface area (Å²) in [4.78, 5) is 4.26. The maximum absolute atomic E-state index is 8.09. The Hall–Kier alpha value is -2.62. The molecule has 0 unspecified atom stereocenters. The highest BCUT2D eigenvalue weighted by Crippen LogP contribution is 2.18. The number of benzene rings is 2. The molecule has 0 fully saturated rings. The fraction of sp³-hybridized carbons (Fsp3) is 0.125. The van der Waals surface area contributed by atoms with E-state index in [1.807, 2.05) is 56.3 Å². The van der Waals surface area contributed by atoms with Gasteiger partial charge in [0.1, 0.15) is 12.1 Å². The van der Waals surface area contributed by atoms with E-state index < -0.39 is 0 Å². The SMILES string of the molecule is Cc1ccc(OC(=N)n2cnc3ccccc32)cc1C. The molecule has 0 bridgehead atoms. The van der Waals surface area contributed by atoms with Crippen molar-refractivity contribution in [3.05, 3.63) is 59.9 Å². The number of aromatic nitrogens is 2. The molecular weight excluding hydrogens is 250 g/mol. The number of para-hydroxylation sites is 2. The van der Waals surface area contributed by atoms with Crippen LogP contribution in [-0.2, 0) is 0 Å². The van der Waals surface area contributed by atoms with Crippen LogP contribution in [-0.4, -0.2) is 15.6 Å². The van der Waals surface area contributed by atoms with E-state index >= 15 is 0 Å². The van der Waals surface area contributed by atoms with Gasteiger partial charge in [0.2, 0.25) is 0 Å². The molecule has 20 heavy (non-hydrogen) atoms. The van der Waals surface area contributed by atoms with Crippen LogP contribution < -0.4 is 4.74 Å². The topological polar surface area (TPSA) is 50.9 Å². The molecule has 3 aromatic rings. The van der Waals surface area contributed by atoms with E-state index in [0.717, 1.165) is 16.6 Å². The van der Waals surface area contributed by atoms with Gasteiger partial charge in [0.05, 0.1) is 11.0 Å². The normalized spacial score (nSPS) is 10.7. The Bertz CT molecular complexity index is 789. The van der Waals surface area contributed by atoms with Gasteiger partial charge in [-0.15, -0.1) is 0 Å². The second kappa shape index (κ2) is 4.81. The minimum absolute atomic E-state index is 0.0435. The maximum atomic E-state index is 8.09. The molecule has 100 valence electrons. The highest BCUT2D eigenvalue weighted by Gasteiger charge is 2.08. The summed E-state index contributed by atoms with van der Waals surface area (Å²) in [5.74, 6) is 0.663. The molecule has 0 saturated carbocycles. The second-order valence-electron chi connectivity index (χ2n) is 4.76. The van der Waals surface area contributed by atoms with Crippen LogP contribution in [0.25, 0.3) is 11.0 Å². The van der Waals surface area contributed by atoms with Gasteiger partial charge in [-0.1, -0.05) is 18.2 Å². The minimum atomic E-state index is 0.0435. The number of hydrogen-bond acceptors (Lipinski definition) is 3. The van der Waals surface area contributed by atoms with Gasteiger partial charge in [-0.25, -0.2) is 4.98 Å². The predicted octanol–water partition coefficient (Wildman–Crippen LogP) is 3.52. The third-order valence-electron chi connectivity index (χ3n) is 3.37. The van der Waals surface area contributed by atoms with E-state index in [0.29, 0.717) is 5.75 Å². The molecule has 0 atom stereocenters. The smallest absolute Gasteiger partial charge is 0.300 e. The summed E-state index contributed by atoms with van der Waals surface area (Å²) >= 11 is 0. The number of nitrogens with zero attached hydrogens (tertiary/aromatic N) is 2. The Morgan fingerprint density at radius 3 is 2.70 bits per heavy atom. The van der Waals surface area contributed by atoms with Gasteiger partial charge in [0.15, 0.2) is 0 Å². The Balaban J connectivity index is 1.91. The van der Waals surface area contributed by atoms with Crippen molar-refractivity contribution in [2.45, 2.75) is 13.8 Å². The largest absolute Gasteiger partial charge is 0.426 e. The Kier molecular flexibility index (Phi) is 2.99. The van der Waals surface area contributed by atoms with E-state index in [1.54, 1.807) is 10.9 Å². The van der Waals surface area contributed by atoms with E-state index in [1.165, 1.54) is 5.56 Å². The van der Waals surface area contributed by atoms with Crippen LogP contribution >= 0.6 is 0 Å². The highest BCUT2D eigenvalue weighted by atomic mass is 16.5. The first-order valence-corrected chi connectivity index (χ1v) is 6.41. The van der Waals surface area contributed by atoms with Crippen LogP contribution in [0.4, 0.5) is 0 Å². The first-order chi connectivity index (χ1) is 9.65. The molecule has 0 aliphatic heterocycles. The van der Waals surface area contributed by atoms with E-state index in [4.69, 9.17) is 10.1 Å². The minimum Gasteiger partial charge on any atom is -0.426 e. The van der Waals surface area contributed by atoms with Crippen molar-refractivity contribution in [2.24, 2.45) is 0 Å². The standard InChI is InChI=1S/C16H15N3O/c1-11-7-8-13(9-12(11)2)20-16(17)19-10-18-14-5-3-4-6-15(14)19/h3-10,17H,1-2H3. The first-order valence-electron chi connectivity index (χ1n) is 6.41. The quantitative estimate of drug-likeness (QED) is 0.540. The third kappa shape index (κ3) is 2.16. The maximum Gasteiger partial charge on any atom is 0.300 e. The summed E-state index contributed by atoms with van der Waals surface area (Å²) in [5.41, 5.74) is 4.06. The number of fused-ring (bicyclic) bond motifs is 1. The van der Waals surface area contributed by atoms with Gasteiger partial charge in [0.25, 0.3) is 6.02 Å². The molecule has 1 heterocycles. The molecule has 1 aromatic heterocycles. The van der Waals surface area contributed by atoms with Crippen molar-refractivity contribution in [1.29, 1.82) is 5.41 Å². The average molecular weight is 265 g/mol. The highest BCUT2D eigenvalue weighted by molar-refractivity contribution is 5.88. The summed E-state index contributed by atoms with van der Waals surface area (Å²) in [6.45, 7) is 4.08. The fourth-order valence-corrected chi connectivity index (χ4v) is 2.06. The van der Waals surface area contributed by atoms with Gasteiger partial charge in [-0.05, 0) is 49.2 Å². The molecule has 0 spiro atoms. The Labute approximate surface area is 117 Å². The predicted molar refractivity (Wildman–Crippen MR) is 79.4 cm³/mol. The van der Waals surface area contributed by atoms with Crippen LogP contribution in [0.1, 0.15) is 11.1 Å². The van der Waals surface area contributed by atoms with Crippen LogP contribution in [0.5, 0.6) is 5.75 Å². The van der Waals surface area contributed by atoms with E-state index in [9.17, 15) is 0 Å². The fourth-order valence-electron chi connectivity index (χ4n) is 2.06. The van der Waals surface area contributed by atoms with Gasteiger partial charge >= 0.3 is 0 Å². The number of aryl methyl sites for hydroxylation is 2. The van der Waals surface area contributed by atoms with Crippen molar-refractivity contribution in [3.63, 3.8) is 0 Å². The lowest BCUT2D eigenvalue weighted by molar-refractivity contribution is 0.520. The lowest BCUT2D eigenvalue weighted by Gasteiger charge is -2.09. The summed E-state index contributed by atoms with van der Waals surface area (Å²) < 4.78 is 7.24. The van der Waals surface area contributed by atoms with Crippen LogP contribution in [0.3, 0.4) is 0 Å². The van der Waals surface area contributed by atoms with Crippen molar-refractivity contribution in [1.82, 2.24) is 9.55 Å². The second-order valence-corrected chi connectivity index (χ2v) is 4.76. The third-order valence-corrected chi connectivity index (χ3v) is 3.37. The van der Waals surface area contributed by atoms with Crippen molar-refractivity contribution in [3.8, 4) is 5.75 Å². The summed E-state index contributed by atoms with van der Waals surface area (Å²) in [7, 11) is 0. The summed E-state index contributed by atoms with van der Waals surface area (Å²) in [5, 5.41) is 8.09. The number of ether oxygens (including phenoxy) is 1. The number of rotatable bonds is 1. The lowest BCUT2D eigenvalue weighted by atomic mass is 10.1. The number of hydrogen-bond donors (Lipinski definition) is 1. The molecule has 0 aliphatic rings. The Morgan fingerprint density at radius 2 is 1.90 bits per heavy atom. The zero-order chi connectivity index (χ0) is 14.1. The Morgan fingerprint density at radius 1 is 1.10 bits per heavy atom. The monoisotopic (exact) mass is 265 g/mol. The van der Waals surface area contributed by atoms with Crippen LogP contribution in [0.2, 0.25) is 0 Å². The van der Waals surface area contributed by atoms with E-state index in [-0.39, 0.29) is 6.02 Å². The van der Waals surface area contributed by atoms with Crippen LogP contribution in [0.15, 0.2) is 48.8 Å². The zero-order valence-electron chi connectivity index (χ0n) is 11.4. The average Bonchev–Trinajstić information content (AvgIpc) is 2.87. The van der Waals surface area contributed by atoms with E-state index in [2.05, 4.69) is 4.98 Å². The summed E-state index contributed by atoms with van der Waals surface area (Å²) in [6, 6.07) is 13.5. The first kappa shape index (κ1) is 12.4. The zero-order valence-corrected chi connectivity index (χ0v) is 11.4. The van der Waals surface area contributed by atoms with Gasteiger partial charge in [0, 0.05) is 0 Å². The van der Waals surface area contributed by atoms with Gasteiger partial charge in [-0.3, -0.25) is 9.98 Å². The van der Waals surface area contributed by atoms with Crippen LogP contribution in [0, 0.1) is 19.3 Å². The number of imidazole rings is 1. The molecule has 2 aromatic carbocycles. The van der Waals surface area contributed by atoms with Crippen molar-refractivity contribution in [2.75, 3.05) is 0 Å². The lowest BCUT2D eigenvalue weighted by Crippen LogP contribution is -2.16. The summed E-state index contributed by atoms with van der Waals surface area (Å²) in [6.07, 6.45) is 1.61. The molecular formula is C16H15N3O. The molecule has 4 heteroatoms. The molecule has 1 N–H and O–H groups in total. The van der Waals surface area contributed by atoms with Crippen molar-refractivity contribution < 1.29 is 4.74 Å². The molecule has 0 saturated heterocycles. The van der Waals surface area contributed by atoms with Crippen molar-refractivity contribution >= 4 is 17.1 Å². The molecule has 3 rings (SSSR count). The molecule has 0 amide bonds. The number of nitrogens with one attached hydrogen (secondary N) is 1. The molecule has 0 radical (unpaired) electrons. The van der Waals surface area contributed by atoms with Gasteiger partial charge < -0.3 is 4.74 Å².